The van der Waals surface area contributed by atoms with Gasteiger partial charge in [-0.15, -0.1) is 0 Å². The molecule has 1 aliphatic carbocycles. The van der Waals surface area contributed by atoms with Crippen LogP contribution in [0, 0.1) is 0 Å². The van der Waals surface area contributed by atoms with Crippen LogP contribution < -0.4 is 0 Å². The Hall–Kier alpha value is -0.120. The van der Waals surface area contributed by atoms with Gasteiger partial charge in [0.1, 0.15) is 0 Å². The van der Waals surface area contributed by atoms with Crippen LogP contribution in [0.3, 0.4) is 0 Å². The third-order valence-corrected chi connectivity index (χ3v) is 3.63. The van der Waals surface area contributed by atoms with E-state index < -0.39 is 0 Å². The molecule has 0 radical (unpaired) electrons. The molecular weight excluding hydrogens is 192 g/mol. The molecule has 1 N–H and O–H groups in total. The summed E-state index contributed by atoms with van der Waals surface area (Å²) in [5.74, 6) is 0. The number of aliphatic hydroxyl groups excluding tert-OH is 1. The SMILES string of the molecule is CCC[C@H]1OCCC2(CCC(O)CC2)O1. The minimum Gasteiger partial charge on any atom is -0.393 e. The van der Waals surface area contributed by atoms with Crippen LogP contribution in [0.15, 0.2) is 0 Å². The van der Waals surface area contributed by atoms with E-state index in [1.807, 2.05) is 0 Å². The molecule has 0 unspecified atom stereocenters. The first kappa shape index (κ1) is 11.4. The molecule has 1 spiro atoms. The van der Waals surface area contributed by atoms with E-state index in [0.717, 1.165) is 51.6 Å². The van der Waals surface area contributed by atoms with Crippen LogP contribution >= 0.6 is 0 Å². The summed E-state index contributed by atoms with van der Waals surface area (Å²) >= 11 is 0. The monoisotopic (exact) mass is 214 g/mol. The minimum atomic E-state index is -0.105. The van der Waals surface area contributed by atoms with Crippen molar-refractivity contribution in [3.8, 4) is 0 Å². The predicted molar refractivity (Wildman–Crippen MR) is 57.6 cm³/mol. The van der Waals surface area contributed by atoms with Crippen LogP contribution in [0.4, 0.5) is 0 Å². The molecule has 3 heteroatoms. The lowest BCUT2D eigenvalue weighted by atomic mass is 9.80. The highest BCUT2D eigenvalue weighted by Crippen LogP contribution is 2.38. The Morgan fingerprint density at radius 3 is 2.67 bits per heavy atom. The molecule has 2 aliphatic rings. The highest BCUT2D eigenvalue weighted by molar-refractivity contribution is 4.89. The highest BCUT2D eigenvalue weighted by atomic mass is 16.7. The van der Waals surface area contributed by atoms with Gasteiger partial charge in [-0.3, -0.25) is 0 Å². The van der Waals surface area contributed by atoms with Crippen molar-refractivity contribution in [3.05, 3.63) is 0 Å². The molecule has 1 saturated carbocycles. The molecule has 15 heavy (non-hydrogen) atoms. The van der Waals surface area contributed by atoms with Crippen molar-refractivity contribution in [2.45, 2.75) is 69.9 Å². The lowest BCUT2D eigenvalue weighted by Crippen LogP contribution is -2.46. The van der Waals surface area contributed by atoms with E-state index in [9.17, 15) is 5.11 Å². The van der Waals surface area contributed by atoms with Gasteiger partial charge in [-0.25, -0.2) is 0 Å². The summed E-state index contributed by atoms with van der Waals surface area (Å²) in [6.07, 6.45) is 6.76. The molecular formula is C12H22O3. The Labute approximate surface area is 91.8 Å². The van der Waals surface area contributed by atoms with Crippen molar-refractivity contribution >= 4 is 0 Å². The quantitative estimate of drug-likeness (QED) is 0.766. The van der Waals surface area contributed by atoms with Crippen molar-refractivity contribution in [3.63, 3.8) is 0 Å². The molecule has 0 aromatic carbocycles. The summed E-state index contributed by atoms with van der Waals surface area (Å²) in [7, 11) is 0. The van der Waals surface area contributed by atoms with Gasteiger partial charge < -0.3 is 14.6 Å². The third kappa shape index (κ3) is 2.71. The molecule has 0 aromatic rings. The zero-order chi connectivity index (χ0) is 10.7. The lowest BCUT2D eigenvalue weighted by molar-refractivity contribution is -0.269. The standard InChI is InChI=1S/C12H22O3/c1-2-3-11-14-9-8-12(15-11)6-4-10(13)5-7-12/h10-11,13H,2-9H2,1H3/t10?,11-,12?/m0/s1. The molecule has 2 fully saturated rings. The molecule has 2 rings (SSSR count). The Morgan fingerprint density at radius 1 is 1.27 bits per heavy atom. The fraction of sp³-hybridized carbons (Fsp3) is 1.00. The number of hydrogen-bond donors (Lipinski definition) is 1. The number of rotatable bonds is 2. The molecule has 1 atom stereocenters. The molecule has 1 heterocycles. The van der Waals surface area contributed by atoms with E-state index in [2.05, 4.69) is 6.92 Å². The maximum atomic E-state index is 9.51. The fourth-order valence-electron chi connectivity index (χ4n) is 2.62. The zero-order valence-corrected chi connectivity index (χ0v) is 9.58. The van der Waals surface area contributed by atoms with Gasteiger partial charge in [-0.2, -0.15) is 0 Å². The second-order valence-corrected chi connectivity index (χ2v) is 4.87. The second-order valence-electron chi connectivity index (χ2n) is 4.87. The fourth-order valence-corrected chi connectivity index (χ4v) is 2.62. The van der Waals surface area contributed by atoms with Crippen molar-refractivity contribution in [2.24, 2.45) is 0 Å². The van der Waals surface area contributed by atoms with Crippen LogP contribution in [0.25, 0.3) is 0 Å². The average molecular weight is 214 g/mol. The van der Waals surface area contributed by atoms with Gasteiger partial charge >= 0.3 is 0 Å². The second kappa shape index (κ2) is 4.81. The third-order valence-electron chi connectivity index (χ3n) is 3.63. The first-order valence-electron chi connectivity index (χ1n) is 6.21. The first-order valence-corrected chi connectivity index (χ1v) is 6.21. The van der Waals surface area contributed by atoms with Gasteiger partial charge in [-0.05, 0) is 38.5 Å². The van der Waals surface area contributed by atoms with Gasteiger partial charge in [0.15, 0.2) is 6.29 Å². The van der Waals surface area contributed by atoms with E-state index in [1.54, 1.807) is 0 Å². The van der Waals surface area contributed by atoms with Crippen molar-refractivity contribution in [1.82, 2.24) is 0 Å². The van der Waals surface area contributed by atoms with Gasteiger partial charge in [0.2, 0.25) is 0 Å². The normalized spacial score (nSPS) is 42.0. The van der Waals surface area contributed by atoms with E-state index in [4.69, 9.17) is 9.47 Å². The Balaban J connectivity index is 1.90. The Bertz CT molecular complexity index is 195. The largest absolute Gasteiger partial charge is 0.393 e. The molecule has 1 aliphatic heterocycles. The lowest BCUT2D eigenvalue weighted by Gasteiger charge is -2.44. The molecule has 88 valence electrons. The number of aliphatic hydroxyl groups is 1. The van der Waals surface area contributed by atoms with Crippen LogP contribution in [-0.2, 0) is 9.47 Å². The van der Waals surface area contributed by atoms with Gasteiger partial charge in [-0.1, -0.05) is 13.3 Å². The smallest absolute Gasteiger partial charge is 0.158 e. The molecule has 0 bridgehead atoms. The van der Waals surface area contributed by atoms with Crippen LogP contribution in [0.5, 0.6) is 0 Å². The number of hydrogen-bond acceptors (Lipinski definition) is 3. The molecule has 0 amide bonds. The van der Waals surface area contributed by atoms with Gasteiger partial charge in [0.25, 0.3) is 0 Å². The summed E-state index contributed by atoms with van der Waals surface area (Å²) in [6, 6.07) is 0. The summed E-state index contributed by atoms with van der Waals surface area (Å²) in [6.45, 7) is 2.97. The van der Waals surface area contributed by atoms with Crippen LogP contribution in [-0.4, -0.2) is 29.7 Å². The Morgan fingerprint density at radius 2 is 2.00 bits per heavy atom. The van der Waals surface area contributed by atoms with E-state index in [1.165, 1.54) is 0 Å². The maximum absolute atomic E-state index is 9.51. The topological polar surface area (TPSA) is 38.7 Å². The minimum absolute atomic E-state index is 0.000933. The van der Waals surface area contributed by atoms with E-state index in [0.29, 0.717) is 0 Å². The van der Waals surface area contributed by atoms with Crippen LogP contribution in [0.2, 0.25) is 0 Å². The molecule has 0 aromatic heterocycles. The first-order chi connectivity index (χ1) is 7.24. The van der Waals surface area contributed by atoms with Crippen molar-refractivity contribution < 1.29 is 14.6 Å². The van der Waals surface area contributed by atoms with E-state index in [-0.39, 0.29) is 18.0 Å². The summed E-state index contributed by atoms with van der Waals surface area (Å²) in [5.41, 5.74) is 0.0251. The molecule has 1 saturated heterocycles. The summed E-state index contributed by atoms with van der Waals surface area (Å²) in [4.78, 5) is 0. The predicted octanol–water partition coefficient (Wildman–Crippen LogP) is 2.22. The Kier molecular flexibility index (Phi) is 3.65. The highest BCUT2D eigenvalue weighted by Gasteiger charge is 2.40. The van der Waals surface area contributed by atoms with Gasteiger partial charge in [0.05, 0.1) is 18.3 Å². The summed E-state index contributed by atoms with van der Waals surface area (Å²) in [5, 5.41) is 9.51. The van der Waals surface area contributed by atoms with Gasteiger partial charge in [0, 0.05) is 0 Å². The number of ether oxygens (including phenoxy) is 2. The summed E-state index contributed by atoms with van der Waals surface area (Å²) < 4.78 is 11.7. The van der Waals surface area contributed by atoms with Crippen molar-refractivity contribution in [2.75, 3.05) is 6.61 Å². The average Bonchev–Trinajstić information content (AvgIpc) is 2.24. The maximum Gasteiger partial charge on any atom is 0.158 e. The molecule has 3 nitrogen and oxygen atoms in total. The zero-order valence-electron chi connectivity index (χ0n) is 9.58. The van der Waals surface area contributed by atoms with Crippen LogP contribution in [0.1, 0.15) is 51.9 Å². The van der Waals surface area contributed by atoms with Crippen molar-refractivity contribution in [1.29, 1.82) is 0 Å². The van der Waals surface area contributed by atoms with E-state index >= 15 is 0 Å².